The Hall–Kier alpha value is -4.39. The summed E-state index contributed by atoms with van der Waals surface area (Å²) < 4.78 is 5.76. The van der Waals surface area contributed by atoms with E-state index >= 15 is 0 Å². The van der Waals surface area contributed by atoms with Crippen LogP contribution in [0.1, 0.15) is 42.6 Å². The first-order valence-electron chi connectivity index (χ1n) is 11.5. The van der Waals surface area contributed by atoms with E-state index in [1.165, 1.54) is 18.2 Å². The number of fused-ring (bicyclic) bond motifs is 1. The van der Waals surface area contributed by atoms with E-state index < -0.39 is 5.91 Å². The molecule has 178 valence electrons. The molecule has 7 heteroatoms. The quantitative estimate of drug-likeness (QED) is 0.176. The summed E-state index contributed by atoms with van der Waals surface area (Å²) in [5.74, 6) is 0.307. The molecule has 4 rings (SSSR count). The average Bonchev–Trinajstić information content (AvgIpc) is 2.89. The van der Waals surface area contributed by atoms with Gasteiger partial charge in [0.15, 0.2) is 0 Å². The zero-order valence-electron chi connectivity index (χ0n) is 19.7. The Morgan fingerprint density at radius 1 is 0.971 bits per heavy atom. The molecule has 0 saturated carbocycles. The summed E-state index contributed by atoms with van der Waals surface area (Å²) in [5, 5.41) is 24.9. The topological polar surface area (TPSA) is 104 Å². The van der Waals surface area contributed by atoms with Gasteiger partial charge < -0.3 is 14.9 Å². The van der Waals surface area contributed by atoms with Crippen LogP contribution in [-0.4, -0.2) is 33.4 Å². The fourth-order valence-corrected chi connectivity index (χ4v) is 3.74. The molecule has 0 aliphatic heterocycles. The molecular formula is C28H27N3O4. The number of pyridine rings is 1. The number of rotatable bonds is 8. The molecule has 0 unspecified atom stereocenters. The molecule has 0 aliphatic carbocycles. The maximum absolute atomic E-state index is 13.3. The lowest BCUT2D eigenvalue weighted by atomic mass is 10.0. The highest BCUT2D eigenvalue weighted by Gasteiger charge is 2.15. The Bertz CT molecular complexity index is 1400. The number of hydrogen-bond donors (Lipinski definition) is 3. The fourth-order valence-electron chi connectivity index (χ4n) is 3.74. The average molecular weight is 470 g/mol. The first-order valence-corrected chi connectivity index (χ1v) is 11.5. The number of amides is 1. The Labute approximate surface area is 203 Å². The molecule has 0 spiro atoms. The zero-order chi connectivity index (χ0) is 24.8. The fraction of sp³-hybridized carbons (Fsp3) is 0.179. The third-order valence-electron chi connectivity index (χ3n) is 5.48. The number of aromatic nitrogens is 1. The van der Waals surface area contributed by atoms with Gasteiger partial charge in [0.1, 0.15) is 17.2 Å². The lowest BCUT2D eigenvalue weighted by Crippen LogP contribution is -2.20. The molecule has 4 aromatic rings. The van der Waals surface area contributed by atoms with E-state index in [0.29, 0.717) is 46.5 Å². The maximum atomic E-state index is 13.3. The number of para-hydroxylation sites is 1. The van der Waals surface area contributed by atoms with Crippen LogP contribution in [0.2, 0.25) is 0 Å². The van der Waals surface area contributed by atoms with Gasteiger partial charge in [-0.25, -0.2) is 10.4 Å². The second kappa shape index (κ2) is 10.7. The predicted molar refractivity (Wildman–Crippen MR) is 137 cm³/mol. The van der Waals surface area contributed by atoms with Crippen molar-refractivity contribution in [3.8, 4) is 28.5 Å². The summed E-state index contributed by atoms with van der Waals surface area (Å²) in [6.45, 7) is 4.52. The van der Waals surface area contributed by atoms with Gasteiger partial charge in [-0.2, -0.15) is 5.10 Å². The summed E-state index contributed by atoms with van der Waals surface area (Å²) in [6.07, 6.45) is 1.34. The van der Waals surface area contributed by atoms with E-state index in [2.05, 4.69) is 10.5 Å². The van der Waals surface area contributed by atoms with Crippen LogP contribution < -0.4 is 10.2 Å². The number of aromatic hydroxyl groups is 2. The number of carbonyl (C=O) groups excluding carboxylic acids is 1. The maximum Gasteiger partial charge on any atom is 0.272 e. The second-order valence-electron chi connectivity index (χ2n) is 8.00. The van der Waals surface area contributed by atoms with Crippen LogP contribution in [0, 0.1) is 0 Å². The monoisotopic (exact) mass is 469 g/mol. The van der Waals surface area contributed by atoms with Crippen LogP contribution >= 0.6 is 0 Å². The smallest absolute Gasteiger partial charge is 0.272 e. The van der Waals surface area contributed by atoms with Crippen LogP contribution in [0.5, 0.6) is 17.2 Å². The largest absolute Gasteiger partial charge is 0.508 e. The van der Waals surface area contributed by atoms with Crippen LogP contribution in [0.15, 0.2) is 77.9 Å². The lowest BCUT2D eigenvalue weighted by molar-refractivity contribution is 0.0956. The molecule has 35 heavy (non-hydrogen) atoms. The van der Waals surface area contributed by atoms with Crippen molar-refractivity contribution in [2.45, 2.75) is 26.7 Å². The van der Waals surface area contributed by atoms with Crippen molar-refractivity contribution in [3.05, 3.63) is 83.9 Å². The predicted octanol–water partition coefficient (Wildman–Crippen LogP) is 5.65. The molecule has 7 nitrogen and oxygen atoms in total. The van der Waals surface area contributed by atoms with E-state index in [0.717, 1.165) is 17.7 Å². The van der Waals surface area contributed by atoms with Gasteiger partial charge in [-0.3, -0.25) is 4.79 Å². The highest BCUT2D eigenvalue weighted by Crippen LogP contribution is 2.28. The number of ether oxygens (including phenoxy) is 1. The van der Waals surface area contributed by atoms with E-state index in [4.69, 9.17) is 9.72 Å². The van der Waals surface area contributed by atoms with E-state index in [-0.39, 0.29) is 11.5 Å². The van der Waals surface area contributed by atoms with E-state index in [1.807, 2.05) is 62.4 Å². The number of nitrogens with one attached hydrogen (secondary N) is 1. The molecule has 1 heterocycles. The van der Waals surface area contributed by atoms with Gasteiger partial charge in [-0.05, 0) is 55.3 Å². The number of hydrazone groups is 1. The standard InChI is InChI=1S/C28H27N3O4/c1-3-14-35-20-9-7-8-18(15-20)26-17-22(21-10-5-6-11-25(21)29-26)28(34)31-30-24(4-2)23-16-19(32)12-13-27(23)33/h5-13,15-17,32-33H,3-4,14H2,1-2H3,(H,31,34)/b30-24-. The van der Waals surface area contributed by atoms with Crippen molar-refractivity contribution in [2.24, 2.45) is 5.10 Å². The minimum absolute atomic E-state index is 0.000179. The van der Waals surface area contributed by atoms with E-state index in [9.17, 15) is 15.0 Å². The van der Waals surface area contributed by atoms with Gasteiger partial charge in [0, 0.05) is 16.5 Å². The van der Waals surface area contributed by atoms with Gasteiger partial charge in [0.2, 0.25) is 0 Å². The molecule has 1 aromatic heterocycles. The van der Waals surface area contributed by atoms with Crippen molar-refractivity contribution in [2.75, 3.05) is 6.61 Å². The lowest BCUT2D eigenvalue weighted by Gasteiger charge is -2.11. The summed E-state index contributed by atoms with van der Waals surface area (Å²) in [7, 11) is 0. The van der Waals surface area contributed by atoms with Gasteiger partial charge >= 0.3 is 0 Å². The number of nitrogens with zero attached hydrogens (tertiary/aromatic N) is 2. The third-order valence-corrected chi connectivity index (χ3v) is 5.48. The van der Waals surface area contributed by atoms with Crippen LogP contribution in [0.3, 0.4) is 0 Å². The van der Waals surface area contributed by atoms with Crippen LogP contribution in [-0.2, 0) is 0 Å². The molecule has 0 fully saturated rings. The highest BCUT2D eigenvalue weighted by atomic mass is 16.5. The summed E-state index contributed by atoms with van der Waals surface area (Å²) in [6, 6.07) is 21.0. The van der Waals surface area contributed by atoms with Crippen molar-refractivity contribution < 1.29 is 19.7 Å². The summed E-state index contributed by atoms with van der Waals surface area (Å²) >= 11 is 0. The molecule has 1 amide bonds. The molecular weight excluding hydrogens is 442 g/mol. The first kappa shape index (κ1) is 23.8. The Kier molecular flexibility index (Phi) is 7.26. The second-order valence-corrected chi connectivity index (χ2v) is 8.00. The van der Waals surface area contributed by atoms with Gasteiger partial charge in [0.05, 0.1) is 29.1 Å². The Balaban J connectivity index is 1.71. The van der Waals surface area contributed by atoms with Gasteiger partial charge in [-0.1, -0.05) is 44.2 Å². The minimum atomic E-state index is -0.408. The number of phenolic OH excluding ortho intramolecular Hbond substituents is 2. The van der Waals surface area contributed by atoms with Crippen molar-refractivity contribution in [1.82, 2.24) is 10.4 Å². The Morgan fingerprint density at radius 3 is 2.60 bits per heavy atom. The normalized spacial score (nSPS) is 11.4. The van der Waals surface area contributed by atoms with Gasteiger partial charge in [0.25, 0.3) is 5.91 Å². The first-order chi connectivity index (χ1) is 17.0. The summed E-state index contributed by atoms with van der Waals surface area (Å²) in [4.78, 5) is 18.0. The van der Waals surface area contributed by atoms with Crippen LogP contribution in [0.25, 0.3) is 22.2 Å². The van der Waals surface area contributed by atoms with Gasteiger partial charge in [-0.15, -0.1) is 0 Å². The molecule has 0 bridgehead atoms. The number of benzene rings is 3. The van der Waals surface area contributed by atoms with Crippen molar-refractivity contribution in [1.29, 1.82) is 0 Å². The molecule has 3 aromatic carbocycles. The third kappa shape index (κ3) is 5.41. The van der Waals surface area contributed by atoms with Crippen molar-refractivity contribution in [3.63, 3.8) is 0 Å². The molecule has 0 atom stereocenters. The SMILES string of the molecule is CCCOc1cccc(-c2cc(C(=O)N/N=C(/CC)c3cc(O)ccc3O)c3ccccc3n2)c1. The Morgan fingerprint density at radius 2 is 1.80 bits per heavy atom. The highest BCUT2D eigenvalue weighted by molar-refractivity contribution is 6.08. The zero-order valence-corrected chi connectivity index (χ0v) is 19.7. The van der Waals surface area contributed by atoms with E-state index in [1.54, 1.807) is 6.07 Å². The number of hydrogen-bond acceptors (Lipinski definition) is 6. The number of carbonyl (C=O) groups is 1. The van der Waals surface area contributed by atoms with Crippen molar-refractivity contribution >= 4 is 22.5 Å². The molecule has 0 radical (unpaired) electrons. The minimum Gasteiger partial charge on any atom is -0.508 e. The number of phenols is 2. The molecule has 0 saturated heterocycles. The molecule has 3 N–H and O–H groups in total. The summed E-state index contributed by atoms with van der Waals surface area (Å²) in [5.41, 5.74) is 5.98. The van der Waals surface area contributed by atoms with Crippen LogP contribution in [0.4, 0.5) is 0 Å². The molecule has 0 aliphatic rings.